The van der Waals surface area contributed by atoms with Crippen LogP contribution < -0.4 is 26.2 Å². The van der Waals surface area contributed by atoms with Gasteiger partial charge >= 0.3 is 0 Å². The predicted octanol–water partition coefficient (Wildman–Crippen LogP) is 7.57. The third kappa shape index (κ3) is 3.33. The number of fused-ring (bicyclic) bond motifs is 7. The molecule has 5 aromatic carbocycles. The lowest BCUT2D eigenvalue weighted by atomic mass is 10.0. The number of aromatic nitrogens is 1. The first kappa shape index (κ1) is 24.0. The lowest BCUT2D eigenvalue weighted by Gasteiger charge is -2.30. The zero-order valence-electron chi connectivity index (χ0n) is 23.4. The SMILES string of the molecule is C=C1N(c2ccccc2N)c2ccccc2N1C1C=c2c(oc3c(-n4c5ccccc5c5ccccc54)cccc23)=CC1. The van der Waals surface area contributed by atoms with E-state index in [1.807, 2.05) is 18.2 Å². The Kier molecular flexibility index (Phi) is 4.97. The summed E-state index contributed by atoms with van der Waals surface area (Å²) in [6, 6.07) is 40.1. The van der Waals surface area contributed by atoms with Crippen LogP contribution in [0.15, 0.2) is 132 Å². The summed E-state index contributed by atoms with van der Waals surface area (Å²) in [5.41, 5.74) is 15.5. The fraction of sp³-hybridized carbons (Fsp3) is 0.0526. The molecule has 0 radical (unpaired) electrons. The Labute approximate surface area is 248 Å². The van der Waals surface area contributed by atoms with E-state index in [-0.39, 0.29) is 6.04 Å². The Bertz CT molecular complexity index is 2340. The van der Waals surface area contributed by atoms with E-state index in [2.05, 4.69) is 130 Å². The molecule has 0 bridgehead atoms. The number of nitrogens with two attached hydrogens (primary N) is 1. The molecule has 0 amide bonds. The van der Waals surface area contributed by atoms with Gasteiger partial charge in [0.2, 0.25) is 0 Å². The quantitative estimate of drug-likeness (QED) is 0.228. The molecule has 2 N–H and O–H groups in total. The van der Waals surface area contributed by atoms with Gasteiger partial charge in [0.25, 0.3) is 0 Å². The minimum atomic E-state index is 0.0637. The molecule has 5 nitrogen and oxygen atoms in total. The van der Waals surface area contributed by atoms with Crippen molar-refractivity contribution in [1.29, 1.82) is 0 Å². The van der Waals surface area contributed by atoms with Gasteiger partial charge in [-0.25, -0.2) is 0 Å². The van der Waals surface area contributed by atoms with Crippen LogP contribution in [0.25, 0.3) is 50.6 Å². The van der Waals surface area contributed by atoms with Crippen LogP contribution in [0, 0.1) is 0 Å². The van der Waals surface area contributed by atoms with E-state index < -0.39 is 0 Å². The summed E-state index contributed by atoms with van der Waals surface area (Å²) in [5.74, 6) is 0.885. The van der Waals surface area contributed by atoms with Crippen LogP contribution >= 0.6 is 0 Å². The average molecular weight is 557 g/mol. The van der Waals surface area contributed by atoms with Crippen molar-refractivity contribution in [3.63, 3.8) is 0 Å². The molecule has 0 saturated heterocycles. The summed E-state index contributed by atoms with van der Waals surface area (Å²) in [7, 11) is 0. The number of nitrogens with zero attached hydrogens (tertiary/aromatic N) is 3. The van der Waals surface area contributed by atoms with Crippen LogP contribution in [-0.2, 0) is 0 Å². The molecule has 2 aliphatic rings. The first-order valence-electron chi connectivity index (χ1n) is 14.6. The molecule has 5 heteroatoms. The Balaban J connectivity index is 1.22. The van der Waals surface area contributed by atoms with E-state index in [9.17, 15) is 0 Å². The number of benzene rings is 5. The zero-order chi connectivity index (χ0) is 28.7. The Morgan fingerprint density at radius 1 is 0.651 bits per heavy atom. The lowest BCUT2D eigenvalue weighted by Crippen LogP contribution is -2.39. The highest BCUT2D eigenvalue weighted by atomic mass is 16.3. The predicted molar refractivity (Wildman–Crippen MR) is 178 cm³/mol. The molecular weight excluding hydrogens is 528 g/mol. The summed E-state index contributed by atoms with van der Waals surface area (Å²) >= 11 is 0. The summed E-state index contributed by atoms with van der Waals surface area (Å²) in [6.45, 7) is 4.57. The van der Waals surface area contributed by atoms with E-state index >= 15 is 0 Å². The number of rotatable bonds is 3. The minimum absolute atomic E-state index is 0.0637. The number of para-hydroxylation sites is 7. The molecule has 2 aromatic heterocycles. The minimum Gasteiger partial charge on any atom is -0.454 e. The van der Waals surface area contributed by atoms with Crippen LogP contribution in [0.5, 0.6) is 0 Å². The van der Waals surface area contributed by atoms with Gasteiger partial charge in [-0.2, -0.15) is 0 Å². The average Bonchev–Trinajstić information content (AvgIpc) is 3.68. The van der Waals surface area contributed by atoms with Gasteiger partial charge in [-0.1, -0.05) is 79.4 Å². The van der Waals surface area contributed by atoms with Gasteiger partial charge in [-0.15, -0.1) is 0 Å². The van der Waals surface area contributed by atoms with Crippen molar-refractivity contribution in [1.82, 2.24) is 4.57 Å². The number of anilines is 4. The van der Waals surface area contributed by atoms with Crippen LogP contribution in [0.4, 0.5) is 22.7 Å². The van der Waals surface area contributed by atoms with Crippen molar-refractivity contribution in [3.8, 4) is 5.69 Å². The molecule has 1 unspecified atom stereocenters. The molecule has 43 heavy (non-hydrogen) atoms. The summed E-state index contributed by atoms with van der Waals surface area (Å²) in [6.07, 6.45) is 5.37. The Hall–Kier alpha value is -5.68. The Morgan fingerprint density at radius 3 is 2.00 bits per heavy atom. The van der Waals surface area contributed by atoms with E-state index in [1.54, 1.807) is 0 Å². The van der Waals surface area contributed by atoms with Crippen molar-refractivity contribution in [2.24, 2.45) is 0 Å². The Morgan fingerprint density at radius 2 is 1.26 bits per heavy atom. The smallest absolute Gasteiger partial charge is 0.159 e. The van der Waals surface area contributed by atoms with Crippen LogP contribution in [-0.4, -0.2) is 10.6 Å². The molecule has 0 saturated carbocycles. The second-order valence-electron chi connectivity index (χ2n) is 11.2. The van der Waals surface area contributed by atoms with E-state index in [1.165, 1.54) is 21.8 Å². The fourth-order valence-electron chi connectivity index (χ4n) is 7.06. The first-order valence-corrected chi connectivity index (χ1v) is 14.6. The van der Waals surface area contributed by atoms with E-state index in [4.69, 9.17) is 10.2 Å². The van der Waals surface area contributed by atoms with Gasteiger partial charge in [0.15, 0.2) is 5.58 Å². The third-order valence-corrected chi connectivity index (χ3v) is 8.91. The molecule has 0 spiro atoms. The molecule has 1 atom stereocenters. The topological polar surface area (TPSA) is 50.6 Å². The van der Waals surface area contributed by atoms with Gasteiger partial charge in [-0.3, -0.25) is 4.90 Å². The van der Waals surface area contributed by atoms with Crippen molar-refractivity contribution >= 4 is 67.7 Å². The monoisotopic (exact) mass is 556 g/mol. The number of furan rings is 1. The lowest BCUT2D eigenvalue weighted by molar-refractivity contribution is 0.568. The molecule has 3 heterocycles. The first-order chi connectivity index (χ1) is 21.2. The summed E-state index contributed by atoms with van der Waals surface area (Å²) < 4.78 is 9.01. The zero-order valence-corrected chi connectivity index (χ0v) is 23.4. The van der Waals surface area contributed by atoms with Crippen molar-refractivity contribution in [3.05, 3.63) is 138 Å². The number of nitrogen functional groups attached to an aromatic ring is 1. The van der Waals surface area contributed by atoms with Crippen LogP contribution in [0.1, 0.15) is 6.42 Å². The molecule has 0 fully saturated rings. The summed E-state index contributed by atoms with van der Waals surface area (Å²) in [5, 5.41) is 4.70. The van der Waals surface area contributed by atoms with Gasteiger partial charge in [0.05, 0.1) is 45.5 Å². The highest BCUT2D eigenvalue weighted by molar-refractivity contribution is 6.10. The largest absolute Gasteiger partial charge is 0.454 e. The summed E-state index contributed by atoms with van der Waals surface area (Å²) in [4.78, 5) is 4.50. The van der Waals surface area contributed by atoms with Crippen molar-refractivity contribution < 1.29 is 4.42 Å². The maximum absolute atomic E-state index is 6.68. The molecule has 9 rings (SSSR count). The van der Waals surface area contributed by atoms with E-state index in [0.29, 0.717) is 0 Å². The second kappa shape index (κ2) is 8.91. The maximum atomic E-state index is 6.68. The third-order valence-electron chi connectivity index (χ3n) is 8.91. The molecular formula is C38H28N4O. The molecule has 1 aliphatic carbocycles. The number of hydrogen-bond acceptors (Lipinski definition) is 4. The molecule has 206 valence electrons. The van der Waals surface area contributed by atoms with E-state index in [0.717, 1.165) is 62.3 Å². The molecule has 7 aromatic rings. The highest BCUT2D eigenvalue weighted by Gasteiger charge is 2.35. The maximum Gasteiger partial charge on any atom is 0.159 e. The van der Waals surface area contributed by atoms with Crippen LogP contribution in [0.3, 0.4) is 0 Å². The van der Waals surface area contributed by atoms with Crippen molar-refractivity contribution in [2.45, 2.75) is 12.5 Å². The fourth-order valence-corrected chi connectivity index (χ4v) is 7.06. The van der Waals surface area contributed by atoms with Gasteiger partial charge in [0, 0.05) is 21.4 Å². The van der Waals surface area contributed by atoms with Gasteiger partial charge in [0.1, 0.15) is 11.2 Å². The highest BCUT2D eigenvalue weighted by Crippen LogP contribution is 2.48. The standard InChI is InChI=1S/C38H28N4O/c1-24-40(34-18-8-9-19-35(34)41(24)33-17-7-4-14-30(33)39)25-21-22-37-29(23-25)28-13-10-20-36(38(28)43-37)42-31-15-5-2-11-26(31)27-12-3-6-16-32(27)42/h2-20,22-23,25H,1,21,39H2. The normalized spacial score (nSPS) is 16.0. The molecule has 1 aliphatic heterocycles. The van der Waals surface area contributed by atoms with Crippen molar-refractivity contribution in [2.75, 3.05) is 15.5 Å². The van der Waals surface area contributed by atoms with Gasteiger partial charge in [-0.05, 0) is 61.0 Å². The number of hydrogen-bond donors (Lipinski definition) is 1. The van der Waals surface area contributed by atoms with Gasteiger partial charge < -0.3 is 19.6 Å². The van der Waals surface area contributed by atoms with Crippen LogP contribution in [0.2, 0.25) is 0 Å². The second-order valence-corrected chi connectivity index (χ2v) is 11.2.